The number of nitrogens with one attached hydrogen (secondary N) is 1. The first kappa shape index (κ1) is 13.9. The number of nitrogens with zero attached hydrogens (tertiary/aromatic N) is 2. The summed E-state index contributed by atoms with van der Waals surface area (Å²) < 4.78 is 10.5. The molecule has 0 atom stereocenters. The van der Waals surface area contributed by atoms with Crippen molar-refractivity contribution in [3.8, 4) is 11.5 Å². The highest BCUT2D eigenvalue weighted by Gasteiger charge is 2.20. The second-order valence-corrected chi connectivity index (χ2v) is 4.24. The number of H-pyrrole nitrogens is 1. The molecule has 0 fully saturated rings. The topological polar surface area (TPSA) is 67.5 Å². The number of hydrogen-bond acceptors (Lipinski definition) is 4. The highest BCUT2D eigenvalue weighted by Crippen LogP contribution is 2.31. The second-order valence-electron chi connectivity index (χ2n) is 4.24. The molecule has 20 heavy (non-hydrogen) atoms. The van der Waals surface area contributed by atoms with Crippen LogP contribution in [0.15, 0.2) is 30.6 Å². The fourth-order valence-electron chi connectivity index (χ4n) is 1.94. The molecule has 6 heteroatoms. The summed E-state index contributed by atoms with van der Waals surface area (Å²) in [6, 6.07) is 5.22. The van der Waals surface area contributed by atoms with Gasteiger partial charge in [-0.05, 0) is 12.1 Å². The Morgan fingerprint density at radius 3 is 2.75 bits per heavy atom. The minimum Gasteiger partial charge on any atom is -0.493 e. The lowest BCUT2D eigenvalue weighted by atomic mass is 10.1. The zero-order chi connectivity index (χ0) is 14.5. The zero-order valence-electron chi connectivity index (χ0n) is 11.7. The largest absolute Gasteiger partial charge is 0.493 e. The van der Waals surface area contributed by atoms with E-state index in [9.17, 15) is 4.79 Å². The number of benzene rings is 1. The molecular weight excluding hydrogens is 258 g/mol. The molecule has 1 aromatic heterocycles. The molecular formula is C14H17N3O3. The molecule has 0 radical (unpaired) electrons. The lowest BCUT2D eigenvalue weighted by molar-refractivity contribution is 0.0778. The molecule has 1 aromatic carbocycles. The maximum Gasteiger partial charge on any atom is 0.257 e. The molecule has 0 aliphatic rings. The van der Waals surface area contributed by atoms with Gasteiger partial charge in [-0.25, -0.2) is 4.98 Å². The first-order valence-electron chi connectivity index (χ1n) is 6.12. The third-order valence-corrected chi connectivity index (χ3v) is 2.92. The monoisotopic (exact) mass is 275 g/mol. The number of amides is 1. The number of imidazole rings is 1. The molecule has 0 spiro atoms. The number of carbonyl (C=O) groups excluding carboxylic acids is 1. The van der Waals surface area contributed by atoms with Crippen molar-refractivity contribution in [1.29, 1.82) is 0 Å². The number of aromatic nitrogens is 2. The van der Waals surface area contributed by atoms with Crippen LogP contribution in [-0.4, -0.2) is 42.0 Å². The SMILES string of the molecule is COc1cccc(C(=O)N(C)Cc2ncc[nH]2)c1OC. The van der Waals surface area contributed by atoms with Gasteiger partial charge in [-0.1, -0.05) is 6.07 Å². The van der Waals surface area contributed by atoms with Crippen molar-refractivity contribution in [1.82, 2.24) is 14.9 Å². The van der Waals surface area contributed by atoms with E-state index in [0.717, 1.165) is 5.82 Å². The Balaban J connectivity index is 2.24. The predicted octanol–water partition coefficient (Wildman–Crippen LogP) is 1.70. The Labute approximate surface area is 117 Å². The molecule has 106 valence electrons. The van der Waals surface area contributed by atoms with Crippen LogP contribution in [0.2, 0.25) is 0 Å². The summed E-state index contributed by atoms with van der Waals surface area (Å²) in [4.78, 5) is 21.1. The van der Waals surface area contributed by atoms with E-state index in [1.54, 1.807) is 49.7 Å². The highest BCUT2D eigenvalue weighted by atomic mass is 16.5. The number of rotatable bonds is 5. The molecule has 1 amide bonds. The van der Waals surface area contributed by atoms with Gasteiger partial charge in [0.1, 0.15) is 5.82 Å². The van der Waals surface area contributed by atoms with E-state index >= 15 is 0 Å². The van der Waals surface area contributed by atoms with Crippen molar-refractivity contribution >= 4 is 5.91 Å². The van der Waals surface area contributed by atoms with Crippen molar-refractivity contribution < 1.29 is 14.3 Å². The summed E-state index contributed by atoms with van der Waals surface area (Å²) in [6.45, 7) is 0.395. The summed E-state index contributed by atoms with van der Waals surface area (Å²) in [5, 5.41) is 0. The predicted molar refractivity (Wildman–Crippen MR) is 73.9 cm³/mol. The summed E-state index contributed by atoms with van der Waals surface area (Å²) in [7, 11) is 4.77. The summed E-state index contributed by atoms with van der Waals surface area (Å²) in [5.41, 5.74) is 0.459. The van der Waals surface area contributed by atoms with Crippen LogP contribution in [0.4, 0.5) is 0 Å². The quantitative estimate of drug-likeness (QED) is 0.901. The Kier molecular flexibility index (Phi) is 4.24. The van der Waals surface area contributed by atoms with E-state index < -0.39 is 0 Å². The Hall–Kier alpha value is -2.50. The minimum atomic E-state index is -0.155. The van der Waals surface area contributed by atoms with Crippen LogP contribution >= 0.6 is 0 Å². The fraction of sp³-hybridized carbons (Fsp3) is 0.286. The van der Waals surface area contributed by atoms with Crippen molar-refractivity contribution in [3.05, 3.63) is 42.0 Å². The lowest BCUT2D eigenvalue weighted by Crippen LogP contribution is -2.27. The first-order chi connectivity index (χ1) is 9.67. The van der Waals surface area contributed by atoms with Crippen LogP contribution in [0, 0.1) is 0 Å². The van der Waals surface area contributed by atoms with Crippen LogP contribution < -0.4 is 9.47 Å². The van der Waals surface area contributed by atoms with Crippen molar-refractivity contribution in [2.24, 2.45) is 0 Å². The van der Waals surface area contributed by atoms with Gasteiger partial charge in [0, 0.05) is 19.4 Å². The van der Waals surface area contributed by atoms with Gasteiger partial charge in [-0.3, -0.25) is 4.79 Å². The Morgan fingerprint density at radius 2 is 2.15 bits per heavy atom. The summed E-state index contributed by atoms with van der Waals surface area (Å²) >= 11 is 0. The van der Waals surface area contributed by atoms with Gasteiger partial charge in [0.25, 0.3) is 5.91 Å². The van der Waals surface area contributed by atoms with Gasteiger partial charge in [-0.2, -0.15) is 0 Å². The molecule has 0 bridgehead atoms. The summed E-state index contributed by atoms with van der Waals surface area (Å²) in [6.07, 6.45) is 3.37. The molecule has 0 aliphatic carbocycles. The number of para-hydroxylation sites is 1. The van der Waals surface area contributed by atoms with E-state index in [0.29, 0.717) is 23.6 Å². The van der Waals surface area contributed by atoms with E-state index in [4.69, 9.17) is 9.47 Å². The third kappa shape index (κ3) is 2.74. The van der Waals surface area contributed by atoms with Crippen molar-refractivity contribution in [2.75, 3.05) is 21.3 Å². The summed E-state index contributed by atoms with van der Waals surface area (Å²) in [5.74, 6) is 1.54. The maximum absolute atomic E-state index is 12.5. The molecule has 0 aliphatic heterocycles. The average Bonchev–Trinajstić information content (AvgIpc) is 2.98. The van der Waals surface area contributed by atoms with Crippen LogP contribution in [0.1, 0.15) is 16.2 Å². The number of ether oxygens (including phenoxy) is 2. The fourth-order valence-corrected chi connectivity index (χ4v) is 1.94. The van der Waals surface area contributed by atoms with E-state index in [1.165, 1.54) is 7.11 Å². The van der Waals surface area contributed by atoms with Crippen LogP contribution in [0.5, 0.6) is 11.5 Å². The number of carbonyl (C=O) groups is 1. The molecule has 0 saturated carbocycles. The molecule has 0 unspecified atom stereocenters. The normalized spacial score (nSPS) is 10.2. The standard InChI is InChI=1S/C14H17N3O3/c1-17(9-12-15-7-8-16-12)14(18)10-5-4-6-11(19-2)13(10)20-3/h4-8H,9H2,1-3H3,(H,15,16). The van der Waals surface area contributed by atoms with Crippen molar-refractivity contribution in [3.63, 3.8) is 0 Å². The van der Waals surface area contributed by atoms with Gasteiger partial charge >= 0.3 is 0 Å². The third-order valence-electron chi connectivity index (χ3n) is 2.92. The number of aromatic amines is 1. The van der Waals surface area contributed by atoms with Gasteiger partial charge in [0.05, 0.1) is 26.3 Å². The molecule has 1 heterocycles. The molecule has 6 nitrogen and oxygen atoms in total. The average molecular weight is 275 g/mol. The second kappa shape index (κ2) is 6.10. The molecule has 2 aromatic rings. The van der Waals surface area contributed by atoms with Crippen LogP contribution in [0.3, 0.4) is 0 Å². The Morgan fingerprint density at radius 1 is 1.35 bits per heavy atom. The lowest BCUT2D eigenvalue weighted by Gasteiger charge is -2.18. The maximum atomic E-state index is 12.5. The minimum absolute atomic E-state index is 0.155. The zero-order valence-corrected chi connectivity index (χ0v) is 11.7. The van der Waals surface area contributed by atoms with Gasteiger partial charge in [-0.15, -0.1) is 0 Å². The highest BCUT2D eigenvalue weighted by molar-refractivity contribution is 5.97. The van der Waals surface area contributed by atoms with Crippen molar-refractivity contribution in [2.45, 2.75) is 6.54 Å². The van der Waals surface area contributed by atoms with E-state index in [1.807, 2.05) is 0 Å². The number of methoxy groups -OCH3 is 2. The van der Waals surface area contributed by atoms with Crippen LogP contribution in [-0.2, 0) is 6.54 Å². The number of hydrogen-bond donors (Lipinski definition) is 1. The Bertz CT molecular complexity index is 581. The van der Waals surface area contributed by atoms with Crippen LogP contribution in [0.25, 0.3) is 0 Å². The first-order valence-corrected chi connectivity index (χ1v) is 6.12. The van der Waals surface area contributed by atoms with E-state index in [-0.39, 0.29) is 5.91 Å². The smallest absolute Gasteiger partial charge is 0.257 e. The molecule has 1 N–H and O–H groups in total. The van der Waals surface area contributed by atoms with Gasteiger partial charge < -0.3 is 19.4 Å². The molecule has 0 saturated heterocycles. The molecule has 2 rings (SSSR count). The van der Waals surface area contributed by atoms with Gasteiger partial charge in [0.2, 0.25) is 0 Å². The van der Waals surface area contributed by atoms with E-state index in [2.05, 4.69) is 9.97 Å². The van der Waals surface area contributed by atoms with Gasteiger partial charge in [0.15, 0.2) is 11.5 Å².